The van der Waals surface area contributed by atoms with Crippen LogP contribution in [-0.2, 0) is 16.1 Å². The van der Waals surface area contributed by atoms with Crippen molar-refractivity contribution in [1.29, 1.82) is 0 Å². The molecule has 1 saturated heterocycles. The van der Waals surface area contributed by atoms with E-state index in [0.29, 0.717) is 34.5 Å². The Morgan fingerprint density at radius 3 is 2.83 bits per heavy atom. The van der Waals surface area contributed by atoms with E-state index in [-0.39, 0.29) is 24.5 Å². The SMILES string of the molecule is Cc1ccc(C(=O)Nc2cccc(-c3nc(CNC(=O)[C@@H]4CCCO4)c(C)o3)c2)s1. The molecule has 3 aromatic rings. The van der Waals surface area contributed by atoms with Crippen LogP contribution in [0.4, 0.5) is 5.69 Å². The lowest BCUT2D eigenvalue weighted by atomic mass is 10.2. The predicted molar refractivity (Wildman–Crippen MR) is 115 cm³/mol. The van der Waals surface area contributed by atoms with E-state index < -0.39 is 0 Å². The minimum atomic E-state index is -0.371. The van der Waals surface area contributed by atoms with Gasteiger partial charge in [-0.25, -0.2) is 4.98 Å². The molecule has 1 fully saturated rings. The summed E-state index contributed by atoms with van der Waals surface area (Å²) >= 11 is 1.45. The van der Waals surface area contributed by atoms with Crippen LogP contribution in [0.1, 0.15) is 38.8 Å². The molecule has 2 aromatic heterocycles. The highest BCUT2D eigenvalue weighted by molar-refractivity contribution is 7.14. The number of nitrogens with one attached hydrogen (secondary N) is 2. The van der Waals surface area contributed by atoms with Gasteiger partial charge in [-0.1, -0.05) is 6.07 Å². The molecule has 0 radical (unpaired) electrons. The molecule has 0 aliphatic carbocycles. The number of hydrogen-bond donors (Lipinski definition) is 2. The normalized spacial score (nSPS) is 15.9. The third-order valence-electron chi connectivity index (χ3n) is 4.88. The lowest BCUT2D eigenvalue weighted by Crippen LogP contribution is -2.33. The van der Waals surface area contributed by atoms with E-state index in [9.17, 15) is 9.59 Å². The Morgan fingerprint density at radius 2 is 2.10 bits per heavy atom. The number of rotatable bonds is 6. The molecule has 30 heavy (non-hydrogen) atoms. The van der Waals surface area contributed by atoms with Crippen molar-refractivity contribution >= 4 is 28.8 Å². The molecule has 2 N–H and O–H groups in total. The summed E-state index contributed by atoms with van der Waals surface area (Å²) in [6.07, 6.45) is 1.28. The van der Waals surface area contributed by atoms with Gasteiger partial charge in [0, 0.05) is 22.7 Å². The van der Waals surface area contributed by atoms with Gasteiger partial charge in [0.05, 0.1) is 11.4 Å². The number of carbonyl (C=O) groups excluding carboxylic acids is 2. The van der Waals surface area contributed by atoms with Crippen LogP contribution < -0.4 is 10.6 Å². The molecule has 7 nitrogen and oxygen atoms in total. The van der Waals surface area contributed by atoms with E-state index in [4.69, 9.17) is 9.15 Å². The van der Waals surface area contributed by atoms with E-state index in [1.807, 2.05) is 50.2 Å². The summed E-state index contributed by atoms with van der Waals surface area (Å²) < 4.78 is 11.2. The maximum atomic E-state index is 12.4. The van der Waals surface area contributed by atoms with Gasteiger partial charge in [0.15, 0.2) is 0 Å². The Hall–Kier alpha value is -2.97. The number of aryl methyl sites for hydroxylation is 2. The Balaban J connectivity index is 1.44. The molecule has 1 aliphatic rings. The van der Waals surface area contributed by atoms with Crippen LogP contribution in [0.15, 0.2) is 40.8 Å². The Kier molecular flexibility index (Phi) is 5.96. The fourth-order valence-corrected chi connectivity index (χ4v) is 4.03. The van der Waals surface area contributed by atoms with Crippen LogP contribution in [0.2, 0.25) is 0 Å². The summed E-state index contributed by atoms with van der Waals surface area (Å²) in [7, 11) is 0. The number of thiophene rings is 1. The zero-order chi connectivity index (χ0) is 21.1. The second-order valence-corrected chi connectivity index (χ2v) is 8.47. The maximum Gasteiger partial charge on any atom is 0.265 e. The minimum Gasteiger partial charge on any atom is -0.441 e. The molecule has 1 aromatic carbocycles. The lowest BCUT2D eigenvalue weighted by molar-refractivity contribution is -0.130. The quantitative estimate of drug-likeness (QED) is 0.621. The fourth-order valence-electron chi connectivity index (χ4n) is 3.26. The van der Waals surface area contributed by atoms with Crippen molar-refractivity contribution in [3.8, 4) is 11.5 Å². The van der Waals surface area contributed by atoms with Gasteiger partial charge in [-0.15, -0.1) is 11.3 Å². The number of benzene rings is 1. The molecule has 1 atom stereocenters. The highest BCUT2D eigenvalue weighted by atomic mass is 32.1. The first kappa shape index (κ1) is 20.3. The molecule has 2 amide bonds. The second-order valence-electron chi connectivity index (χ2n) is 7.19. The zero-order valence-corrected chi connectivity index (χ0v) is 17.7. The smallest absolute Gasteiger partial charge is 0.265 e. The number of ether oxygens (including phenoxy) is 1. The van der Waals surface area contributed by atoms with Gasteiger partial charge < -0.3 is 19.8 Å². The number of nitrogens with zero attached hydrogens (tertiary/aromatic N) is 1. The van der Waals surface area contributed by atoms with Crippen molar-refractivity contribution in [2.45, 2.75) is 39.3 Å². The van der Waals surface area contributed by atoms with Crippen molar-refractivity contribution in [3.63, 3.8) is 0 Å². The predicted octanol–water partition coefficient (Wildman–Crippen LogP) is 4.07. The number of carbonyl (C=O) groups is 2. The van der Waals surface area contributed by atoms with Crippen molar-refractivity contribution in [1.82, 2.24) is 10.3 Å². The average Bonchev–Trinajstić information content (AvgIpc) is 3.48. The van der Waals surface area contributed by atoms with Crippen LogP contribution in [0.25, 0.3) is 11.5 Å². The molecular weight excluding hydrogens is 402 g/mol. The van der Waals surface area contributed by atoms with Gasteiger partial charge in [-0.3, -0.25) is 9.59 Å². The number of aromatic nitrogens is 1. The molecule has 0 bridgehead atoms. The Bertz CT molecular complexity index is 1070. The molecule has 8 heteroatoms. The van der Waals surface area contributed by atoms with Crippen LogP contribution in [-0.4, -0.2) is 29.5 Å². The Morgan fingerprint density at radius 1 is 1.23 bits per heavy atom. The summed E-state index contributed by atoms with van der Waals surface area (Å²) in [5.74, 6) is 0.814. The number of amides is 2. The summed E-state index contributed by atoms with van der Waals surface area (Å²) in [5.41, 5.74) is 2.07. The van der Waals surface area contributed by atoms with Crippen molar-refractivity contribution in [2.75, 3.05) is 11.9 Å². The van der Waals surface area contributed by atoms with Crippen molar-refractivity contribution in [3.05, 3.63) is 57.6 Å². The highest BCUT2D eigenvalue weighted by Gasteiger charge is 2.24. The molecule has 0 saturated carbocycles. The number of hydrogen-bond acceptors (Lipinski definition) is 6. The van der Waals surface area contributed by atoms with E-state index in [0.717, 1.165) is 23.3 Å². The van der Waals surface area contributed by atoms with Gasteiger partial charge in [-0.05, 0) is 57.0 Å². The second kappa shape index (κ2) is 8.81. The molecule has 3 heterocycles. The largest absolute Gasteiger partial charge is 0.441 e. The number of oxazole rings is 1. The summed E-state index contributed by atoms with van der Waals surface area (Å²) in [4.78, 5) is 30.8. The topological polar surface area (TPSA) is 93.5 Å². The monoisotopic (exact) mass is 425 g/mol. The van der Waals surface area contributed by atoms with Crippen LogP contribution >= 0.6 is 11.3 Å². The van der Waals surface area contributed by atoms with Crippen molar-refractivity contribution < 1.29 is 18.7 Å². The first-order valence-electron chi connectivity index (χ1n) is 9.83. The highest BCUT2D eigenvalue weighted by Crippen LogP contribution is 2.25. The van der Waals surface area contributed by atoms with Crippen molar-refractivity contribution in [2.24, 2.45) is 0 Å². The van der Waals surface area contributed by atoms with Crippen LogP contribution in [0, 0.1) is 13.8 Å². The first-order valence-corrected chi connectivity index (χ1v) is 10.6. The molecular formula is C22H23N3O4S. The van der Waals surface area contributed by atoms with Gasteiger partial charge >= 0.3 is 0 Å². The van der Waals surface area contributed by atoms with E-state index in [1.165, 1.54) is 11.3 Å². The lowest BCUT2D eigenvalue weighted by Gasteiger charge is -2.09. The number of anilines is 1. The summed E-state index contributed by atoms with van der Waals surface area (Å²) in [5, 5.41) is 5.77. The first-order chi connectivity index (χ1) is 14.5. The average molecular weight is 426 g/mol. The van der Waals surface area contributed by atoms with E-state index in [2.05, 4.69) is 15.6 Å². The van der Waals surface area contributed by atoms with Gasteiger partial charge in [0.25, 0.3) is 5.91 Å². The maximum absolute atomic E-state index is 12.4. The third-order valence-corrected chi connectivity index (χ3v) is 5.88. The van der Waals surface area contributed by atoms with Crippen LogP contribution in [0.3, 0.4) is 0 Å². The summed E-state index contributed by atoms with van der Waals surface area (Å²) in [6, 6.07) is 11.1. The minimum absolute atomic E-state index is 0.120. The standard InChI is InChI=1S/C22H23N3O4S/c1-13-8-9-19(30-13)21(27)24-16-6-3-5-15(11-16)22-25-17(14(2)29-22)12-23-20(26)18-7-4-10-28-18/h3,5-6,8-9,11,18H,4,7,10,12H2,1-2H3,(H,23,26)(H,24,27)/t18-/m0/s1. The van der Waals surface area contributed by atoms with Gasteiger partial charge in [-0.2, -0.15) is 0 Å². The van der Waals surface area contributed by atoms with Gasteiger partial charge in [0.2, 0.25) is 11.8 Å². The van der Waals surface area contributed by atoms with E-state index >= 15 is 0 Å². The van der Waals surface area contributed by atoms with Crippen LogP contribution in [0.5, 0.6) is 0 Å². The van der Waals surface area contributed by atoms with E-state index in [1.54, 1.807) is 0 Å². The molecule has 0 spiro atoms. The summed E-state index contributed by atoms with van der Waals surface area (Å²) in [6.45, 7) is 4.69. The molecule has 4 rings (SSSR count). The Labute approximate surface area is 178 Å². The van der Waals surface area contributed by atoms with Gasteiger partial charge in [0.1, 0.15) is 17.6 Å². The molecule has 1 aliphatic heterocycles. The fraction of sp³-hybridized carbons (Fsp3) is 0.318. The third kappa shape index (κ3) is 4.60. The zero-order valence-electron chi connectivity index (χ0n) is 16.9. The molecule has 156 valence electrons. The molecule has 0 unspecified atom stereocenters.